The number of ether oxygens (including phenoxy) is 2. The zero-order valence-electron chi connectivity index (χ0n) is 12.0. The van der Waals surface area contributed by atoms with Crippen LogP contribution in [0, 0.1) is 13.8 Å². The van der Waals surface area contributed by atoms with Gasteiger partial charge in [-0.15, -0.1) is 0 Å². The molecular formula is C13H19NO5S. The predicted octanol–water partition coefficient (Wildman–Crippen LogP) is 1.15. The molecule has 0 aromatic heterocycles. The van der Waals surface area contributed by atoms with Gasteiger partial charge in [0.25, 0.3) is 0 Å². The Morgan fingerprint density at radius 1 is 1.25 bits per heavy atom. The molecule has 0 bridgehead atoms. The quantitative estimate of drug-likeness (QED) is 0.797. The molecule has 0 fully saturated rings. The molecule has 1 aromatic carbocycles. The Hall–Kier alpha value is -1.60. The minimum atomic E-state index is -3.77. The summed E-state index contributed by atoms with van der Waals surface area (Å²) in [7, 11) is -2.25. The smallest absolute Gasteiger partial charge is 0.321 e. The Balaban J connectivity index is 3.01. The van der Waals surface area contributed by atoms with Crippen LogP contribution in [0.15, 0.2) is 17.0 Å². The molecule has 1 aromatic rings. The highest BCUT2D eigenvalue weighted by Crippen LogP contribution is 2.25. The lowest BCUT2D eigenvalue weighted by atomic mass is 10.1. The molecule has 0 atom stereocenters. The molecule has 0 saturated heterocycles. The molecule has 7 heteroatoms. The van der Waals surface area contributed by atoms with Crippen molar-refractivity contribution in [1.29, 1.82) is 0 Å². The molecule has 0 unspecified atom stereocenters. The number of carbonyl (C=O) groups is 1. The molecule has 0 aliphatic heterocycles. The van der Waals surface area contributed by atoms with Crippen LogP contribution in [0.1, 0.15) is 18.1 Å². The normalized spacial score (nSPS) is 11.2. The minimum Gasteiger partial charge on any atom is -0.497 e. The number of nitrogens with one attached hydrogen (secondary N) is 1. The molecule has 20 heavy (non-hydrogen) atoms. The van der Waals surface area contributed by atoms with Gasteiger partial charge in [-0.1, -0.05) is 0 Å². The van der Waals surface area contributed by atoms with Crippen LogP contribution in [0.5, 0.6) is 5.75 Å². The van der Waals surface area contributed by atoms with Crippen molar-refractivity contribution in [2.45, 2.75) is 25.7 Å². The topological polar surface area (TPSA) is 81.7 Å². The van der Waals surface area contributed by atoms with E-state index in [-0.39, 0.29) is 18.0 Å². The van der Waals surface area contributed by atoms with Crippen molar-refractivity contribution < 1.29 is 22.7 Å². The van der Waals surface area contributed by atoms with Crippen LogP contribution in [0.2, 0.25) is 0 Å². The average Bonchev–Trinajstić information content (AvgIpc) is 2.35. The van der Waals surface area contributed by atoms with E-state index in [4.69, 9.17) is 4.74 Å². The van der Waals surface area contributed by atoms with E-state index in [0.29, 0.717) is 16.9 Å². The summed E-state index contributed by atoms with van der Waals surface area (Å²) in [6.45, 7) is 4.83. The second-order valence-electron chi connectivity index (χ2n) is 4.22. The fourth-order valence-electron chi connectivity index (χ4n) is 1.89. The molecule has 0 aliphatic rings. The molecule has 0 amide bonds. The summed E-state index contributed by atoms with van der Waals surface area (Å²) < 4.78 is 36.4. The maximum absolute atomic E-state index is 12.2. The number of carbonyl (C=O) groups excluding carboxylic acids is 1. The van der Waals surface area contributed by atoms with E-state index in [1.165, 1.54) is 7.11 Å². The number of hydrogen-bond acceptors (Lipinski definition) is 5. The first-order valence-corrected chi connectivity index (χ1v) is 7.60. The van der Waals surface area contributed by atoms with E-state index in [1.54, 1.807) is 32.9 Å². The van der Waals surface area contributed by atoms with E-state index in [9.17, 15) is 13.2 Å². The fraction of sp³-hybridized carbons (Fsp3) is 0.462. The van der Waals surface area contributed by atoms with E-state index in [2.05, 4.69) is 9.46 Å². The summed E-state index contributed by atoms with van der Waals surface area (Å²) >= 11 is 0. The van der Waals surface area contributed by atoms with E-state index in [0.717, 1.165) is 0 Å². The van der Waals surface area contributed by atoms with Crippen LogP contribution in [0.25, 0.3) is 0 Å². The van der Waals surface area contributed by atoms with Gasteiger partial charge in [0.2, 0.25) is 10.0 Å². The van der Waals surface area contributed by atoms with Crippen molar-refractivity contribution >= 4 is 16.0 Å². The molecule has 0 aliphatic carbocycles. The lowest BCUT2D eigenvalue weighted by Gasteiger charge is -2.13. The second kappa shape index (κ2) is 6.71. The fourth-order valence-corrected chi connectivity index (χ4v) is 3.31. The van der Waals surface area contributed by atoms with Gasteiger partial charge in [-0.3, -0.25) is 4.79 Å². The maximum Gasteiger partial charge on any atom is 0.321 e. The Morgan fingerprint density at radius 3 is 2.25 bits per heavy atom. The van der Waals surface area contributed by atoms with Gasteiger partial charge in [0.05, 0.1) is 18.6 Å². The van der Waals surface area contributed by atoms with Crippen molar-refractivity contribution in [2.24, 2.45) is 0 Å². The monoisotopic (exact) mass is 301 g/mol. The molecule has 0 radical (unpaired) electrons. The van der Waals surface area contributed by atoms with Gasteiger partial charge in [0.15, 0.2) is 0 Å². The Bertz CT molecular complexity index is 572. The van der Waals surface area contributed by atoms with Crippen LogP contribution in [-0.2, 0) is 19.6 Å². The van der Waals surface area contributed by atoms with Crippen LogP contribution in [0.3, 0.4) is 0 Å². The largest absolute Gasteiger partial charge is 0.497 e. The first-order chi connectivity index (χ1) is 9.31. The van der Waals surface area contributed by atoms with Gasteiger partial charge in [-0.05, 0) is 44.0 Å². The van der Waals surface area contributed by atoms with E-state index >= 15 is 0 Å². The Kier molecular flexibility index (Phi) is 5.52. The minimum absolute atomic E-state index is 0.155. The van der Waals surface area contributed by atoms with Crippen molar-refractivity contribution in [2.75, 3.05) is 20.3 Å². The first-order valence-electron chi connectivity index (χ1n) is 6.12. The first kappa shape index (κ1) is 16.5. The number of hydrogen-bond donors (Lipinski definition) is 1. The lowest BCUT2D eigenvalue weighted by Crippen LogP contribution is -2.31. The molecule has 1 rings (SSSR count). The summed E-state index contributed by atoms with van der Waals surface area (Å²) in [5.41, 5.74) is 1.11. The zero-order chi connectivity index (χ0) is 15.3. The molecule has 0 saturated carbocycles. The highest BCUT2D eigenvalue weighted by atomic mass is 32.2. The Labute approximate surface area is 119 Å². The maximum atomic E-state index is 12.2. The number of benzene rings is 1. The van der Waals surface area contributed by atoms with E-state index < -0.39 is 16.0 Å². The van der Waals surface area contributed by atoms with Gasteiger partial charge in [-0.25, -0.2) is 8.42 Å². The zero-order valence-corrected chi connectivity index (χ0v) is 12.8. The highest BCUT2D eigenvalue weighted by Gasteiger charge is 2.21. The van der Waals surface area contributed by atoms with Gasteiger partial charge < -0.3 is 9.47 Å². The Morgan fingerprint density at radius 2 is 1.80 bits per heavy atom. The third-order valence-corrected chi connectivity index (χ3v) is 4.36. The molecule has 112 valence electrons. The standard InChI is InChI=1S/C13H19NO5S/c1-5-19-12(15)8-14-20(16,17)13-9(2)6-11(18-4)7-10(13)3/h6-7,14H,5,8H2,1-4H3. The van der Waals surface area contributed by atoms with E-state index in [1.807, 2.05) is 0 Å². The third-order valence-electron chi connectivity index (χ3n) is 2.65. The lowest BCUT2D eigenvalue weighted by molar-refractivity contribution is -0.141. The van der Waals surface area contributed by atoms with Gasteiger partial charge in [0.1, 0.15) is 12.3 Å². The number of esters is 1. The van der Waals surface area contributed by atoms with Crippen LogP contribution < -0.4 is 9.46 Å². The van der Waals surface area contributed by atoms with Crippen molar-refractivity contribution in [3.8, 4) is 5.75 Å². The van der Waals surface area contributed by atoms with Crippen molar-refractivity contribution in [3.05, 3.63) is 23.3 Å². The average molecular weight is 301 g/mol. The summed E-state index contributed by atoms with van der Waals surface area (Å²) in [6, 6.07) is 3.26. The molecule has 1 N–H and O–H groups in total. The molecular weight excluding hydrogens is 282 g/mol. The number of sulfonamides is 1. The summed E-state index contributed by atoms with van der Waals surface area (Å²) in [5.74, 6) is -0.0239. The van der Waals surface area contributed by atoms with Crippen LogP contribution in [0.4, 0.5) is 0 Å². The summed E-state index contributed by atoms with van der Waals surface area (Å²) in [5, 5.41) is 0. The van der Waals surface area contributed by atoms with Crippen molar-refractivity contribution in [3.63, 3.8) is 0 Å². The predicted molar refractivity (Wildman–Crippen MR) is 74.3 cm³/mol. The van der Waals surface area contributed by atoms with Gasteiger partial charge in [0, 0.05) is 0 Å². The number of methoxy groups -OCH3 is 1. The van der Waals surface area contributed by atoms with Crippen LogP contribution >= 0.6 is 0 Å². The number of rotatable bonds is 6. The second-order valence-corrected chi connectivity index (χ2v) is 5.92. The molecule has 6 nitrogen and oxygen atoms in total. The molecule has 0 heterocycles. The number of aryl methyl sites for hydroxylation is 2. The third kappa shape index (κ3) is 3.94. The van der Waals surface area contributed by atoms with Crippen LogP contribution in [-0.4, -0.2) is 34.6 Å². The summed E-state index contributed by atoms with van der Waals surface area (Å²) in [6.07, 6.45) is 0. The highest BCUT2D eigenvalue weighted by molar-refractivity contribution is 7.89. The van der Waals surface area contributed by atoms with Crippen molar-refractivity contribution in [1.82, 2.24) is 4.72 Å². The SMILES string of the molecule is CCOC(=O)CNS(=O)(=O)c1c(C)cc(OC)cc1C. The summed E-state index contributed by atoms with van der Waals surface area (Å²) in [4.78, 5) is 11.4. The van der Waals surface area contributed by atoms with Gasteiger partial charge in [-0.2, -0.15) is 4.72 Å². The molecule has 0 spiro atoms. The van der Waals surface area contributed by atoms with Gasteiger partial charge >= 0.3 is 5.97 Å².